The van der Waals surface area contributed by atoms with Crippen LogP contribution in [0, 0.1) is 11.3 Å². The summed E-state index contributed by atoms with van der Waals surface area (Å²) in [5.41, 5.74) is 3.12. The molecule has 1 atom stereocenters. The fraction of sp³-hybridized carbons (Fsp3) is 0.333. The molecule has 134 valence electrons. The van der Waals surface area contributed by atoms with E-state index in [1.54, 1.807) is 18.2 Å². The Labute approximate surface area is 154 Å². The Morgan fingerprint density at radius 2 is 2.12 bits per heavy atom. The number of anilines is 1. The van der Waals surface area contributed by atoms with Crippen LogP contribution in [-0.2, 0) is 11.3 Å². The highest BCUT2D eigenvalue weighted by Gasteiger charge is 2.21. The second-order valence-corrected chi connectivity index (χ2v) is 6.52. The highest BCUT2D eigenvalue weighted by atomic mass is 16.5. The van der Waals surface area contributed by atoms with E-state index in [1.165, 1.54) is 12.5 Å². The van der Waals surface area contributed by atoms with Crippen LogP contribution in [0.1, 0.15) is 28.4 Å². The van der Waals surface area contributed by atoms with Crippen LogP contribution in [0.4, 0.5) is 5.69 Å². The molecule has 0 aromatic heterocycles. The zero-order chi connectivity index (χ0) is 18.4. The number of carbonyl (C=O) groups excluding carboxylic acids is 1. The zero-order valence-electron chi connectivity index (χ0n) is 14.9. The van der Waals surface area contributed by atoms with E-state index in [4.69, 9.17) is 10.00 Å². The SMILES string of the molecule is CC(=O)c1ccc(C#N)cc1NCC1CN(Cc2ccccc2)CCO1. The number of Topliss-reactive ketones (excluding diaryl/α,β-unsaturated/α-hetero) is 1. The van der Waals surface area contributed by atoms with Crippen LogP contribution in [0.15, 0.2) is 48.5 Å². The second kappa shape index (κ2) is 8.61. The van der Waals surface area contributed by atoms with Crippen molar-refractivity contribution >= 4 is 11.5 Å². The summed E-state index contributed by atoms with van der Waals surface area (Å²) in [4.78, 5) is 14.2. The van der Waals surface area contributed by atoms with Crippen molar-refractivity contribution < 1.29 is 9.53 Å². The highest BCUT2D eigenvalue weighted by molar-refractivity contribution is 5.99. The molecular formula is C21H23N3O2. The minimum atomic E-state index is -0.0211. The number of hydrogen-bond donors (Lipinski definition) is 1. The maximum absolute atomic E-state index is 11.8. The molecule has 3 rings (SSSR count). The number of ketones is 1. The average molecular weight is 349 g/mol. The molecule has 1 N–H and O–H groups in total. The molecule has 5 heteroatoms. The molecule has 1 unspecified atom stereocenters. The van der Waals surface area contributed by atoms with Gasteiger partial charge in [0.25, 0.3) is 0 Å². The Kier molecular flexibility index (Phi) is 6.00. The monoisotopic (exact) mass is 349 g/mol. The Morgan fingerprint density at radius 1 is 1.31 bits per heavy atom. The fourth-order valence-corrected chi connectivity index (χ4v) is 3.18. The van der Waals surface area contributed by atoms with E-state index >= 15 is 0 Å². The summed E-state index contributed by atoms with van der Waals surface area (Å²) in [5.74, 6) is -0.0211. The van der Waals surface area contributed by atoms with Crippen molar-refractivity contribution in [2.24, 2.45) is 0 Å². The molecule has 1 fully saturated rings. The minimum absolute atomic E-state index is 0.0211. The van der Waals surface area contributed by atoms with Crippen molar-refractivity contribution in [1.82, 2.24) is 4.90 Å². The number of benzene rings is 2. The molecule has 0 spiro atoms. The average Bonchev–Trinajstić information content (AvgIpc) is 2.67. The summed E-state index contributed by atoms with van der Waals surface area (Å²) in [6.45, 7) is 5.47. The maximum atomic E-state index is 11.8. The van der Waals surface area contributed by atoms with Crippen LogP contribution in [0.2, 0.25) is 0 Å². The van der Waals surface area contributed by atoms with Gasteiger partial charge in [0.15, 0.2) is 5.78 Å². The molecule has 0 amide bonds. The molecule has 1 aliphatic heterocycles. The third kappa shape index (κ3) is 4.69. The summed E-state index contributed by atoms with van der Waals surface area (Å²) in [5, 5.41) is 12.4. The summed E-state index contributed by atoms with van der Waals surface area (Å²) in [7, 11) is 0. The van der Waals surface area contributed by atoms with Gasteiger partial charge < -0.3 is 10.1 Å². The Balaban J connectivity index is 1.61. The van der Waals surface area contributed by atoms with Gasteiger partial charge in [0.1, 0.15) is 0 Å². The molecule has 1 aliphatic rings. The van der Waals surface area contributed by atoms with Crippen LogP contribution in [-0.4, -0.2) is 43.0 Å². The molecule has 26 heavy (non-hydrogen) atoms. The van der Waals surface area contributed by atoms with Gasteiger partial charge in [-0.05, 0) is 30.7 Å². The van der Waals surface area contributed by atoms with E-state index in [9.17, 15) is 4.79 Å². The van der Waals surface area contributed by atoms with Gasteiger partial charge >= 0.3 is 0 Å². The van der Waals surface area contributed by atoms with Gasteiger partial charge in [-0.15, -0.1) is 0 Å². The first-order chi connectivity index (χ1) is 12.7. The topological polar surface area (TPSA) is 65.4 Å². The summed E-state index contributed by atoms with van der Waals surface area (Å²) in [6.07, 6.45) is 0.0398. The van der Waals surface area contributed by atoms with Crippen LogP contribution < -0.4 is 5.32 Å². The number of nitrogens with one attached hydrogen (secondary N) is 1. The van der Waals surface area contributed by atoms with Gasteiger partial charge in [0, 0.05) is 37.4 Å². The fourth-order valence-electron chi connectivity index (χ4n) is 3.18. The molecule has 0 radical (unpaired) electrons. The maximum Gasteiger partial charge on any atom is 0.161 e. The van der Waals surface area contributed by atoms with E-state index in [-0.39, 0.29) is 11.9 Å². The molecule has 1 heterocycles. The predicted octanol–water partition coefficient (Wildman–Crippen LogP) is 3.07. The Bertz CT molecular complexity index is 799. The Hall–Kier alpha value is -2.68. The molecule has 2 aromatic rings. The number of carbonyl (C=O) groups is 1. The molecule has 2 aromatic carbocycles. The van der Waals surface area contributed by atoms with Gasteiger partial charge in [-0.25, -0.2) is 0 Å². The largest absolute Gasteiger partial charge is 0.382 e. The first kappa shape index (κ1) is 18.1. The number of hydrogen-bond acceptors (Lipinski definition) is 5. The van der Waals surface area contributed by atoms with Crippen LogP contribution in [0.25, 0.3) is 0 Å². The molecular weight excluding hydrogens is 326 g/mol. The molecule has 5 nitrogen and oxygen atoms in total. The van der Waals surface area contributed by atoms with Crippen molar-refractivity contribution in [2.45, 2.75) is 19.6 Å². The van der Waals surface area contributed by atoms with Gasteiger partial charge in [-0.1, -0.05) is 30.3 Å². The van der Waals surface area contributed by atoms with E-state index in [2.05, 4.69) is 40.6 Å². The van der Waals surface area contributed by atoms with Gasteiger partial charge in [-0.3, -0.25) is 9.69 Å². The van der Waals surface area contributed by atoms with Crippen molar-refractivity contribution in [1.29, 1.82) is 5.26 Å². The van der Waals surface area contributed by atoms with Crippen LogP contribution >= 0.6 is 0 Å². The smallest absolute Gasteiger partial charge is 0.161 e. The first-order valence-electron chi connectivity index (χ1n) is 8.82. The third-order valence-corrected chi connectivity index (χ3v) is 4.52. The number of ether oxygens (including phenoxy) is 1. The van der Waals surface area contributed by atoms with Crippen LogP contribution in [0.5, 0.6) is 0 Å². The van der Waals surface area contributed by atoms with Crippen molar-refractivity contribution in [3.05, 3.63) is 65.2 Å². The lowest BCUT2D eigenvalue weighted by molar-refractivity contribution is -0.0240. The lowest BCUT2D eigenvalue weighted by Crippen LogP contribution is -2.44. The summed E-state index contributed by atoms with van der Waals surface area (Å²) in [6, 6.07) is 17.6. The van der Waals surface area contributed by atoms with Crippen molar-refractivity contribution in [3.63, 3.8) is 0 Å². The lowest BCUT2D eigenvalue weighted by atomic mass is 10.1. The molecule has 0 aliphatic carbocycles. The van der Waals surface area contributed by atoms with E-state index < -0.39 is 0 Å². The highest BCUT2D eigenvalue weighted by Crippen LogP contribution is 2.19. The molecule has 0 bridgehead atoms. The summed E-state index contributed by atoms with van der Waals surface area (Å²) >= 11 is 0. The van der Waals surface area contributed by atoms with Crippen molar-refractivity contribution in [2.75, 3.05) is 31.6 Å². The predicted molar refractivity (Wildman–Crippen MR) is 101 cm³/mol. The third-order valence-electron chi connectivity index (χ3n) is 4.52. The van der Waals surface area contributed by atoms with E-state index in [0.717, 1.165) is 19.6 Å². The number of nitrogens with zero attached hydrogens (tertiary/aromatic N) is 2. The van der Waals surface area contributed by atoms with Gasteiger partial charge in [-0.2, -0.15) is 5.26 Å². The minimum Gasteiger partial charge on any atom is -0.382 e. The van der Waals surface area contributed by atoms with Crippen LogP contribution in [0.3, 0.4) is 0 Å². The Morgan fingerprint density at radius 3 is 2.85 bits per heavy atom. The zero-order valence-corrected chi connectivity index (χ0v) is 14.9. The van der Waals surface area contributed by atoms with Gasteiger partial charge in [0.05, 0.1) is 24.3 Å². The van der Waals surface area contributed by atoms with E-state index in [1.807, 2.05) is 6.07 Å². The normalized spacial score (nSPS) is 17.5. The summed E-state index contributed by atoms with van der Waals surface area (Å²) < 4.78 is 5.87. The van der Waals surface area contributed by atoms with Crippen molar-refractivity contribution in [3.8, 4) is 6.07 Å². The van der Waals surface area contributed by atoms with Gasteiger partial charge in [0.2, 0.25) is 0 Å². The second-order valence-electron chi connectivity index (χ2n) is 6.52. The molecule has 1 saturated heterocycles. The number of rotatable bonds is 6. The number of morpholine rings is 1. The standard InChI is InChI=1S/C21H23N3O2/c1-16(25)20-8-7-18(12-22)11-21(20)23-13-19-15-24(9-10-26-19)14-17-5-3-2-4-6-17/h2-8,11,19,23H,9-10,13-15H2,1H3. The number of nitriles is 1. The quantitative estimate of drug-likeness (QED) is 0.812. The lowest BCUT2D eigenvalue weighted by Gasteiger charge is -2.33. The molecule has 0 saturated carbocycles. The first-order valence-corrected chi connectivity index (χ1v) is 8.82. The van der Waals surface area contributed by atoms with E-state index in [0.29, 0.717) is 30.0 Å².